The zero-order valence-corrected chi connectivity index (χ0v) is 12.1. The van der Waals surface area contributed by atoms with Gasteiger partial charge in [0.1, 0.15) is 6.10 Å². The van der Waals surface area contributed by atoms with E-state index in [4.69, 9.17) is 11.6 Å². The summed E-state index contributed by atoms with van der Waals surface area (Å²) in [5.41, 5.74) is 3.45. The first-order valence-corrected chi connectivity index (χ1v) is 6.71. The summed E-state index contributed by atoms with van der Waals surface area (Å²) >= 11 is 6.28. The molecule has 2 rings (SSSR count). The second-order valence-corrected chi connectivity index (χ2v) is 5.04. The number of halogens is 1. The maximum absolute atomic E-state index is 10.3. The monoisotopic (exact) mass is 279 g/mol. The Balaban J connectivity index is 2.24. The summed E-state index contributed by atoms with van der Waals surface area (Å²) in [5, 5.41) is 15.3. The molecule has 4 nitrogen and oxygen atoms in total. The van der Waals surface area contributed by atoms with Crippen LogP contribution in [-0.2, 0) is 19.9 Å². The Kier molecular flexibility index (Phi) is 4.22. The third kappa shape index (κ3) is 2.96. The van der Waals surface area contributed by atoms with Crippen LogP contribution in [-0.4, -0.2) is 19.9 Å². The molecule has 0 radical (unpaired) electrons. The summed E-state index contributed by atoms with van der Waals surface area (Å²) in [5.74, 6) is 0. The van der Waals surface area contributed by atoms with Gasteiger partial charge in [-0.3, -0.25) is 9.67 Å². The Morgan fingerprint density at radius 3 is 2.79 bits per heavy atom. The van der Waals surface area contributed by atoms with Crippen molar-refractivity contribution in [3.63, 3.8) is 0 Å². The van der Waals surface area contributed by atoms with Crippen molar-refractivity contribution < 1.29 is 5.11 Å². The second-order valence-electron chi connectivity index (χ2n) is 4.66. The number of aromatic nitrogens is 3. The van der Waals surface area contributed by atoms with E-state index in [1.54, 1.807) is 10.9 Å². The van der Waals surface area contributed by atoms with Crippen molar-refractivity contribution in [2.75, 3.05) is 0 Å². The van der Waals surface area contributed by atoms with Crippen molar-refractivity contribution in [2.24, 2.45) is 7.05 Å². The number of hydrogen-bond donors (Lipinski definition) is 1. The summed E-state index contributed by atoms with van der Waals surface area (Å²) in [7, 11) is 1.84. The molecule has 2 heterocycles. The number of rotatable bonds is 4. The first-order chi connectivity index (χ1) is 9.02. The van der Waals surface area contributed by atoms with Gasteiger partial charge >= 0.3 is 0 Å². The Morgan fingerprint density at radius 2 is 2.21 bits per heavy atom. The van der Waals surface area contributed by atoms with Crippen molar-refractivity contribution in [3.05, 3.63) is 46.0 Å². The smallest absolute Gasteiger partial charge is 0.101 e. The van der Waals surface area contributed by atoms with Crippen molar-refractivity contribution in [1.82, 2.24) is 14.8 Å². The molecule has 102 valence electrons. The topological polar surface area (TPSA) is 50.9 Å². The first kappa shape index (κ1) is 14.0. The number of nitrogens with zero attached hydrogens (tertiary/aromatic N) is 3. The minimum absolute atomic E-state index is 0.415. The maximum Gasteiger partial charge on any atom is 0.101 e. The van der Waals surface area contributed by atoms with Crippen LogP contribution in [0.3, 0.4) is 0 Å². The van der Waals surface area contributed by atoms with E-state index in [0.29, 0.717) is 17.1 Å². The van der Waals surface area contributed by atoms with Gasteiger partial charge in [0.2, 0.25) is 0 Å². The van der Waals surface area contributed by atoms with Gasteiger partial charge in [-0.15, -0.1) is 0 Å². The molecule has 1 N–H and O–H groups in total. The van der Waals surface area contributed by atoms with Gasteiger partial charge in [-0.1, -0.05) is 18.5 Å². The summed E-state index contributed by atoms with van der Waals surface area (Å²) in [6, 6.07) is 3.79. The van der Waals surface area contributed by atoms with Crippen LogP contribution in [0.2, 0.25) is 5.02 Å². The molecule has 0 fully saturated rings. The summed E-state index contributed by atoms with van der Waals surface area (Å²) in [6.07, 6.45) is 2.23. The zero-order valence-electron chi connectivity index (χ0n) is 11.4. The molecule has 0 aliphatic heterocycles. The molecule has 0 aromatic carbocycles. The lowest BCUT2D eigenvalue weighted by atomic mass is 10.1. The number of aryl methyl sites for hydroxylation is 3. The van der Waals surface area contributed by atoms with Gasteiger partial charge in [0.15, 0.2) is 0 Å². The highest BCUT2D eigenvalue weighted by Gasteiger charge is 2.18. The average Bonchev–Trinajstić information content (AvgIpc) is 2.66. The number of aliphatic hydroxyl groups is 1. The maximum atomic E-state index is 10.3. The van der Waals surface area contributed by atoms with Gasteiger partial charge in [-0.05, 0) is 31.0 Å². The lowest BCUT2D eigenvalue weighted by molar-refractivity contribution is 0.171. The largest absolute Gasteiger partial charge is 0.386 e. The van der Waals surface area contributed by atoms with Gasteiger partial charge in [0.05, 0.1) is 22.1 Å². The second kappa shape index (κ2) is 5.72. The fourth-order valence-electron chi connectivity index (χ4n) is 2.07. The quantitative estimate of drug-likeness (QED) is 0.936. The van der Waals surface area contributed by atoms with Gasteiger partial charge < -0.3 is 5.11 Å². The highest BCUT2D eigenvalue weighted by atomic mass is 35.5. The van der Waals surface area contributed by atoms with Crippen LogP contribution in [0.25, 0.3) is 0 Å². The third-order valence-electron chi connectivity index (χ3n) is 3.17. The van der Waals surface area contributed by atoms with Gasteiger partial charge in [0.25, 0.3) is 0 Å². The zero-order chi connectivity index (χ0) is 14.0. The third-order valence-corrected chi connectivity index (χ3v) is 3.60. The highest BCUT2D eigenvalue weighted by Crippen LogP contribution is 2.25. The molecule has 0 spiro atoms. The number of hydrogen-bond acceptors (Lipinski definition) is 3. The number of aliphatic hydroxyl groups excluding tert-OH is 1. The normalized spacial score (nSPS) is 12.7. The summed E-state index contributed by atoms with van der Waals surface area (Å²) < 4.78 is 1.74. The molecule has 0 bridgehead atoms. The fourth-order valence-corrected chi connectivity index (χ4v) is 2.44. The fraction of sp³-hybridized carbons (Fsp3) is 0.429. The minimum Gasteiger partial charge on any atom is -0.386 e. The molecule has 0 saturated carbocycles. The molecular weight excluding hydrogens is 262 g/mol. The van der Waals surface area contributed by atoms with E-state index >= 15 is 0 Å². The van der Waals surface area contributed by atoms with Gasteiger partial charge in [0, 0.05) is 19.7 Å². The Labute approximate surface area is 118 Å². The minimum atomic E-state index is -0.669. The highest BCUT2D eigenvalue weighted by molar-refractivity contribution is 6.31. The van der Waals surface area contributed by atoms with E-state index in [1.165, 1.54) is 0 Å². The summed E-state index contributed by atoms with van der Waals surface area (Å²) in [4.78, 5) is 4.20. The molecule has 1 unspecified atom stereocenters. The van der Waals surface area contributed by atoms with Crippen LogP contribution in [0.1, 0.15) is 35.7 Å². The van der Waals surface area contributed by atoms with Crippen LogP contribution in [0.15, 0.2) is 18.3 Å². The van der Waals surface area contributed by atoms with Crippen molar-refractivity contribution in [3.8, 4) is 0 Å². The predicted molar refractivity (Wildman–Crippen MR) is 75.2 cm³/mol. The molecule has 2 aromatic rings. The van der Waals surface area contributed by atoms with Crippen LogP contribution in [0.4, 0.5) is 0 Å². The number of pyridine rings is 1. The lowest BCUT2D eigenvalue weighted by Crippen LogP contribution is -2.08. The average molecular weight is 280 g/mol. The van der Waals surface area contributed by atoms with Crippen molar-refractivity contribution in [1.29, 1.82) is 0 Å². The van der Waals surface area contributed by atoms with Gasteiger partial charge in [-0.25, -0.2) is 0 Å². The van der Waals surface area contributed by atoms with E-state index in [1.807, 2.05) is 33.0 Å². The Morgan fingerprint density at radius 1 is 1.47 bits per heavy atom. The predicted octanol–water partition coefficient (Wildman–Crippen LogP) is 2.62. The molecule has 1 atom stereocenters. The summed E-state index contributed by atoms with van der Waals surface area (Å²) in [6.45, 7) is 3.99. The molecule has 0 aliphatic carbocycles. The molecule has 0 aliphatic rings. The van der Waals surface area contributed by atoms with Crippen LogP contribution >= 0.6 is 11.6 Å². The molecule has 0 amide bonds. The molecule has 2 aromatic heterocycles. The van der Waals surface area contributed by atoms with E-state index in [-0.39, 0.29) is 0 Å². The first-order valence-electron chi connectivity index (χ1n) is 6.33. The van der Waals surface area contributed by atoms with Crippen molar-refractivity contribution in [2.45, 2.75) is 32.8 Å². The van der Waals surface area contributed by atoms with E-state index in [9.17, 15) is 5.11 Å². The van der Waals surface area contributed by atoms with Crippen LogP contribution < -0.4 is 0 Å². The van der Waals surface area contributed by atoms with E-state index in [0.717, 1.165) is 23.4 Å². The standard InChI is InChI=1S/C14H18ClN3O/c1-4-10-14(15)12(18(3)17-10)8-13(19)11-7-9(2)5-6-16-11/h5-7,13,19H,4,8H2,1-3H3. The Bertz CT molecular complexity index is 580. The van der Waals surface area contributed by atoms with Gasteiger partial charge in [-0.2, -0.15) is 5.10 Å². The molecular formula is C14H18ClN3O. The molecule has 0 saturated heterocycles. The van der Waals surface area contributed by atoms with Crippen molar-refractivity contribution >= 4 is 11.6 Å². The molecule has 19 heavy (non-hydrogen) atoms. The van der Waals surface area contributed by atoms with E-state index in [2.05, 4.69) is 10.1 Å². The SMILES string of the molecule is CCc1nn(C)c(CC(O)c2cc(C)ccn2)c1Cl. The lowest BCUT2D eigenvalue weighted by Gasteiger charge is -2.11. The van der Waals surface area contributed by atoms with E-state index < -0.39 is 6.10 Å². The Hall–Kier alpha value is -1.39. The molecule has 5 heteroatoms. The van der Waals surface area contributed by atoms with Crippen LogP contribution in [0.5, 0.6) is 0 Å². The van der Waals surface area contributed by atoms with Crippen LogP contribution in [0, 0.1) is 6.92 Å².